The highest BCUT2D eigenvalue weighted by Crippen LogP contribution is 2.50. The van der Waals surface area contributed by atoms with E-state index in [-0.39, 0.29) is 60.8 Å². The van der Waals surface area contributed by atoms with E-state index in [1.54, 1.807) is 56.9 Å². The summed E-state index contributed by atoms with van der Waals surface area (Å²) >= 11 is 0. The first-order chi connectivity index (χ1) is 34.9. The number of benzene rings is 2. The quantitative estimate of drug-likeness (QED) is 0.193. The van der Waals surface area contributed by atoms with E-state index >= 15 is 4.79 Å². The average Bonchev–Trinajstić information content (AvgIpc) is 3.87. The Kier molecular flexibility index (Phi) is 16.0. The van der Waals surface area contributed by atoms with Crippen molar-refractivity contribution in [2.45, 2.75) is 157 Å². The number of rotatable bonds is 5. The first-order valence-electron chi connectivity index (χ1n) is 27.0. The number of Topliss-reactive ketones (excluding diaryl/α,β-unsaturated/α-hetero) is 1. The van der Waals surface area contributed by atoms with E-state index in [1.165, 1.54) is 20.3 Å². The summed E-state index contributed by atoms with van der Waals surface area (Å²) in [5.41, 5.74) is -0.371. The molecule has 2 spiro atoms. The minimum Gasteiger partial charge on any atom is -0.507 e. The van der Waals surface area contributed by atoms with Gasteiger partial charge < -0.3 is 59.4 Å². The van der Waals surface area contributed by atoms with Crippen LogP contribution in [0.5, 0.6) is 17.2 Å². The van der Waals surface area contributed by atoms with Gasteiger partial charge in [-0.1, -0.05) is 59.8 Å². The topological polar surface area (TPSA) is 216 Å². The number of amides is 2. The first kappa shape index (κ1) is 55.2. The van der Waals surface area contributed by atoms with Gasteiger partial charge in [-0.15, -0.1) is 0 Å². The number of likely N-dealkylation sites (tertiary alicyclic amines) is 3. The molecule has 2 aromatic rings. The van der Waals surface area contributed by atoms with E-state index in [9.17, 15) is 30.0 Å². The van der Waals surface area contributed by atoms with Gasteiger partial charge in [0.05, 0.1) is 40.9 Å². The molecule has 3 fully saturated rings. The lowest BCUT2D eigenvalue weighted by Crippen LogP contribution is -2.51. The number of carbonyl (C=O) groups excluding carboxylic acids is 3. The Morgan fingerprint density at radius 2 is 1.47 bits per heavy atom. The van der Waals surface area contributed by atoms with Crippen LogP contribution in [0.25, 0.3) is 10.8 Å². The lowest BCUT2D eigenvalue weighted by Gasteiger charge is -2.47. The molecule has 0 aliphatic carbocycles. The van der Waals surface area contributed by atoms with E-state index in [1.807, 2.05) is 13.8 Å². The minimum absolute atomic E-state index is 0.0427. The molecule has 7 aliphatic heterocycles. The number of allylic oxidation sites excluding steroid dienone is 2. The summed E-state index contributed by atoms with van der Waals surface area (Å²) in [6.45, 7) is 26.2. The van der Waals surface area contributed by atoms with E-state index in [4.69, 9.17) is 28.9 Å². The maximum absolute atomic E-state index is 15.0. The fourth-order valence-corrected chi connectivity index (χ4v) is 12.4. The number of piperidine rings is 3. The third-order valence-corrected chi connectivity index (χ3v) is 17.5. The number of nitrogens with zero attached hydrogens (tertiary/aromatic N) is 5. The zero-order valence-electron chi connectivity index (χ0n) is 45.7. The molecule has 0 saturated carbocycles. The van der Waals surface area contributed by atoms with E-state index in [2.05, 4.69) is 42.8 Å². The van der Waals surface area contributed by atoms with Crippen molar-refractivity contribution in [1.82, 2.24) is 14.7 Å². The maximum Gasteiger partial charge on any atom is 0.410 e. The molecule has 406 valence electrons. The summed E-state index contributed by atoms with van der Waals surface area (Å²) in [5.74, 6) is -5.99. The lowest BCUT2D eigenvalue weighted by atomic mass is 9.71. The van der Waals surface area contributed by atoms with Crippen molar-refractivity contribution in [1.29, 1.82) is 0 Å². The Balaban J connectivity index is 1.17. The van der Waals surface area contributed by atoms with E-state index in [0.717, 1.165) is 45.3 Å². The normalized spacial score (nSPS) is 32.4. The van der Waals surface area contributed by atoms with Crippen LogP contribution >= 0.6 is 0 Å². The van der Waals surface area contributed by atoms with Crippen LogP contribution in [0.2, 0.25) is 0 Å². The van der Waals surface area contributed by atoms with Gasteiger partial charge in [-0.25, -0.2) is 4.79 Å². The summed E-state index contributed by atoms with van der Waals surface area (Å²) in [6, 6.07) is 0.499. The highest BCUT2D eigenvalue weighted by molar-refractivity contribution is 6.19. The Morgan fingerprint density at radius 3 is 2.09 bits per heavy atom. The number of hydrogen-bond donors (Lipinski definition) is 5. The molecule has 0 unspecified atom stereocenters. The molecule has 9 atom stereocenters. The van der Waals surface area contributed by atoms with E-state index < -0.39 is 83.1 Å². The lowest BCUT2D eigenvalue weighted by molar-refractivity contribution is -0.112. The standard InChI is InChI=1S/C57H82N6O11/c1-31(2)30-61-23-21-57(22-24-61)59-43-40-41-48(66)38(10)51-42(40)52(68)55(11,74-51)72-29-16-39(71-12)35(7)50(73-54(70)63-27-19-56(20-28-63)17-25-62(26-18-56)32(3)4)37(9)47(65)36(8)46(64)33(5)14-13-15-34(6)53(69)58-45(49(41)67)44(43)60-57/h13-16,29,31-33,35-37,39,46-47,50,64-67H,17-28,30H2,1-12H3,(H,58,69)/b14-13+,29-16+,34-15-/t33-,35+,36+,37+,39-,46-,47+,50+,55-/m0/s1. The summed E-state index contributed by atoms with van der Waals surface area (Å²) in [6.07, 6.45) is 8.56. The summed E-state index contributed by atoms with van der Waals surface area (Å²) in [5, 5.41) is 51.4. The average molecular weight is 1030 g/mol. The number of aromatic hydroxyl groups is 2. The molecule has 9 rings (SSSR count). The van der Waals surface area contributed by atoms with Gasteiger partial charge in [-0.3, -0.25) is 19.6 Å². The Morgan fingerprint density at radius 1 is 0.838 bits per heavy atom. The largest absolute Gasteiger partial charge is 0.507 e. The Labute approximate surface area is 436 Å². The smallest absolute Gasteiger partial charge is 0.410 e. The number of nitrogens with one attached hydrogen (secondary N) is 1. The second-order valence-electron chi connectivity index (χ2n) is 23.3. The number of anilines is 1. The molecule has 2 aromatic carbocycles. The fraction of sp³-hybridized carbons (Fsp3) is 0.667. The first-order valence-corrected chi connectivity index (χ1v) is 27.0. The molecule has 7 aliphatic rings. The van der Waals surface area contributed by atoms with Gasteiger partial charge >= 0.3 is 11.9 Å². The van der Waals surface area contributed by atoms with Crippen LogP contribution < -0.4 is 20.8 Å². The molecule has 2 amide bonds. The van der Waals surface area contributed by atoms with Gasteiger partial charge in [0.15, 0.2) is 11.4 Å². The van der Waals surface area contributed by atoms with Crippen molar-refractivity contribution in [2.75, 3.05) is 58.2 Å². The molecule has 7 heterocycles. The number of phenolic OH excluding ortho intramolecular Hbond substituents is 2. The molecule has 3 saturated heterocycles. The van der Waals surface area contributed by atoms with Crippen LogP contribution in [-0.4, -0.2) is 148 Å². The van der Waals surface area contributed by atoms with Crippen molar-refractivity contribution in [3.05, 3.63) is 58.0 Å². The molecule has 17 nitrogen and oxygen atoms in total. The zero-order valence-corrected chi connectivity index (χ0v) is 45.7. The predicted octanol–water partition coefficient (Wildman–Crippen LogP) is 6.91. The number of hydrogen-bond acceptors (Lipinski definition) is 15. The van der Waals surface area contributed by atoms with Crippen LogP contribution in [0.1, 0.15) is 124 Å². The van der Waals surface area contributed by atoms with Gasteiger partial charge in [0, 0.05) is 106 Å². The molecular weight excluding hydrogens is 945 g/mol. The van der Waals surface area contributed by atoms with Crippen LogP contribution in [0, 0.1) is 41.9 Å². The number of ether oxygens (including phenoxy) is 4. The summed E-state index contributed by atoms with van der Waals surface area (Å²) in [4.78, 5) is 60.4. The number of phenols is 2. The second-order valence-corrected chi connectivity index (χ2v) is 23.3. The Hall–Kier alpha value is -5.07. The van der Waals surface area contributed by atoms with Crippen molar-refractivity contribution >= 4 is 34.2 Å². The van der Waals surface area contributed by atoms with Crippen molar-refractivity contribution in [3.63, 3.8) is 0 Å². The number of aliphatic hydroxyl groups excluding tert-OH is 2. The number of fused-ring (bicyclic) bond motifs is 13. The minimum atomic E-state index is -1.98. The molecule has 0 aromatic heterocycles. The summed E-state index contributed by atoms with van der Waals surface area (Å²) < 4.78 is 25.2. The third-order valence-electron chi connectivity index (χ3n) is 17.5. The van der Waals surface area contributed by atoms with Gasteiger partial charge in [0.25, 0.3) is 11.7 Å². The van der Waals surface area contributed by atoms with Gasteiger partial charge in [0.1, 0.15) is 28.6 Å². The number of aliphatic hydroxyl groups is 2. The fourth-order valence-electron chi connectivity index (χ4n) is 12.4. The van der Waals surface area contributed by atoms with Crippen molar-refractivity contribution in [2.24, 2.45) is 45.0 Å². The molecule has 5 N–H and O–H groups in total. The van der Waals surface area contributed by atoms with Gasteiger partial charge in [-0.2, -0.15) is 0 Å². The van der Waals surface area contributed by atoms with Crippen LogP contribution in [0.15, 0.2) is 46.1 Å². The van der Waals surface area contributed by atoms with Crippen molar-refractivity contribution in [3.8, 4) is 17.2 Å². The monoisotopic (exact) mass is 1030 g/mol. The molecule has 0 radical (unpaired) electrons. The molecule has 17 heteroatoms. The SMILES string of the molecule is CO[C@H]1/C=C/O[C@@]2(C)Oc3c(C)c(O)c4c(O)c(c5c(c4c3C2=O)=NC2(CCN(CC(C)C)CC2)N=5)NC(=O)/C(C)=C\C=C\[C@H](C)[C@H](O)[C@@H](C)[C@@H](O)[C@@H](C)[C@H](OC(=O)N2CCC3(CC2)CCN(C(C)C)CC3)[C@@H]1C. The van der Waals surface area contributed by atoms with E-state index in [0.29, 0.717) is 51.0 Å². The number of methoxy groups -OCH3 is 1. The zero-order chi connectivity index (χ0) is 53.8. The molecule has 74 heavy (non-hydrogen) atoms. The van der Waals surface area contributed by atoms with Crippen molar-refractivity contribution < 1.29 is 53.8 Å². The highest BCUT2D eigenvalue weighted by Gasteiger charge is 2.51. The van der Waals surface area contributed by atoms with Gasteiger partial charge in [0.2, 0.25) is 0 Å². The molecular formula is C57H82N6O11. The van der Waals surface area contributed by atoms with Gasteiger partial charge in [-0.05, 0) is 83.9 Å². The second kappa shape index (κ2) is 21.5. The number of ketones is 1. The highest BCUT2D eigenvalue weighted by atomic mass is 16.7. The predicted molar refractivity (Wildman–Crippen MR) is 282 cm³/mol. The number of carbonyl (C=O) groups is 3. The van der Waals surface area contributed by atoms with Crippen LogP contribution in [0.3, 0.4) is 0 Å². The van der Waals surface area contributed by atoms with Crippen LogP contribution in [-0.2, 0) is 19.0 Å². The molecule has 5 bridgehead atoms. The maximum atomic E-state index is 15.0. The van der Waals surface area contributed by atoms with Crippen LogP contribution in [0.4, 0.5) is 10.5 Å². The summed E-state index contributed by atoms with van der Waals surface area (Å²) in [7, 11) is 1.51. The Bertz CT molecular complexity index is 2690. The third kappa shape index (κ3) is 10.4.